The lowest BCUT2D eigenvalue weighted by molar-refractivity contribution is 0.681. The van der Waals surface area contributed by atoms with Gasteiger partial charge in [0.15, 0.2) is 0 Å². The number of hydrogen-bond acceptors (Lipinski definition) is 2. The van der Waals surface area contributed by atoms with Gasteiger partial charge in [-0.1, -0.05) is 52.3 Å². The van der Waals surface area contributed by atoms with Gasteiger partial charge < -0.3 is 10.6 Å². The summed E-state index contributed by atoms with van der Waals surface area (Å²) >= 11 is 3.64. The Morgan fingerprint density at radius 1 is 1.05 bits per heavy atom. The first-order valence-electron chi connectivity index (χ1n) is 7.34. The van der Waals surface area contributed by atoms with Gasteiger partial charge in [0.2, 0.25) is 0 Å². The summed E-state index contributed by atoms with van der Waals surface area (Å²) in [6.07, 6.45) is 0. The molecule has 3 heteroatoms. The number of nitrogens with two attached hydrogens (primary N) is 1. The summed E-state index contributed by atoms with van der Waals surface area (Å²) in [6.45, 7) is 7.35. The minimum Gasteiger partial charge on any atom is -0.365 e. The van der Waals surface area contributed by atoms with Crippen LogP contribution in [0.3, 0.4) is 0 Å². The molecular weight excluding hydrogens is 324 g/mol. The topological polar surface area (TPSA) is 29.3 Å². The van der Waals surface area contributed by atoms with Crippen molar-refractivity contribution >= 4 is 21.6 Å². The number of anilines is 1. The average Bonchev–Trinajstić information content (AvgIpc) is 2.45. The maximum absolute atomic E-state index is 5.98. The number of nitrogens with zero attached hydrogens (tertiary/aromatic N) is 1. The third-order valence-electron chi connectivity index (χ3n) is 3.63. The highest BCUT2D eigenvalue weighted by Crippen LogP contribution is 2.29. The molecule has 0 radical (unpaired) electrons. The third-order valence-corrected chi connectivity index (χ3v) is 4.31. The highest BCUT2D eigenvalue weighted by molar-refractivity contribution is 9.10. The summed E-state index contributed by atoms with van der Waals surface area (Å²) in [6, 6.07) is 17.5. The molecule has 0 bridgehead atoms. The van der Waals surface area contributed by atoms with Gasteiger partial charge in [0.25, 0.3) is 0 Å². The summed E-state index contributed by atoms with van der Waals surface area (Å²) in [7, 11) is 0. The van der Waals surface area contributed by atoms with Crippen molar-refractivity contribution < 1.29 is 0 Å². The summed E-state index contributed by atoms with van der Waals surface area (Å²) in [5, 5.41) is 0. The first kappa shape index (κ1) is 16.1. The molecule has 0 heterocycles. The zero-order chi connectivity index (χ0) is 15.4. The third kappa shape index (κ3) is 4.08. The van der Waals surface area contributed by atoms with Crippen LogP contribution in [0.15, 0.2) is 53.0 Å². The predicted molar refractivity (Wildman–Crippen MR) is 94.5 cm³/mol. The highest BCUT2D eigenvalue weighted by Gasteiger charge is 2.13. The fraction of sp³-hybridized carbons (Fsp3) is 0.333. The molecule has 0 saturated carbocycles. The molecule has 2 rings (SSSR count). The summed E-state index contributed by atoms with van der Waals surface area (Å²) < 4.78 is 1.08. The van der Waals surface area contributed by atoms with Crippen LogP contribution < -0.4 is 10.6 Å². The van der Waals surface area contributed by atoms with Gasteiger partial charge >= 0.3 is 0 Å². The molecule has 0 aliphatic heterocycles. The van der Waals surface area contributed by atoms with E-state index in [2.05, 4.69) is 83.2 Å². The summed E-state index contributed by atoms with van der Waals surface area (Å²) in [5.41, 5.74) is 9.65. The van der Waals surface area contributed by atoms with Crippen molar-refractivity contribution in [3.05, 3.63) is 64.1 Å². The zero-order valence-corrected chi connectivity index (χ0v) is 14.5. The fourth-order valence-electron chi connectivity index (χ4n) is 2.42. The van der Waals surface area contributed by atoms with Crippen LogP contribution >= 0.6 is 15.9 Å². The molecule has 112 valence electrons. The molecule has 21 heavy (non-hydrogen) atoms. The molecule has 1 atom stereocenters. The Balaban J connectivity index is 2.28. The molecule has 0 aromatic heterocycles. The van der Waals surface area contributed by atoms with Crippen molar-refractivity contribution in [1.29, 1.82) is 0 Å². The first-order chi connectivity index (χ1) is 9.99. The Hall–Kier alpha value is -1.32. The minimum absolute atomic E-state index is 0.0371. The standard InChI is InChI=1S/C18H23BrN2/c1-13(2)21(12-15-7-5-4-6-8-15)16-9-10-17(14(3)20)18(19)11-16/h4-11,13-14H,12,20H2,1-3H3/t14-/m1/s1. The number of rotatable bonds is 5. The van der Waals surface area contributed by atoms with E-state index >= 15 is 0 Å². The Morgan fingerprint density at radius 3 is 2.24 bits per heavy atom. The molecule has 0 aliphatic carbocycles. The second-order valence-corrected chi connectivity index (χ2v) is 6.56. The molecule has 2 aromatic carbocycles. The maximum Gasteiger partial charge on any atom is 0.0432 e. The second kappa shape index (κ2) is 7.10. The highest BCUT2D eigenvalue weighted by atomic mass is 79.9. The summed E-state index contributed by atoms with van der Waals surface area (Å²) in [5.74, 6) is 0. The van der Waals surface area contributed by atoms with Crippen molar-refractivity contribution in [1.82, 2.24) is 0 Å². The van der Waals surface area contributed by atoms with Crippen LogP contribution in [0, 0.1) is 0 Å². The molecule has 2 N–H and O–H groups in total. The summed E-state index contributed by atoms with van der Waals surface area (Å²) in [4.78, 5) is 2.39. The van der Waals surface area contributed by atoms with Gasteiger partial charge in [-0.05, 0) is 44.0 Å². The van der Waals surface area contributed by atoms with E-state index in [4.69, 9.17) is 5.73 Å². The Morgan fingerprint density at radius 2 is 1.71 bits per heavy atom. The van der Waals surface area contributed by atoms with Crippen molar-refractivity contribution in [2.24, 2.45) is 5.73 Å². The monoisotopic (exact) mass is 346 g/mol. The van der Waals surface area contributed by atoms with Gasteiger partial charge in [0.05, 0.1) is 0 Å². The molecule has 0 amide bonds. The van der Waals surface area contributed by atoms with Gasteiger partial charge in [-0.2, -0.15) is 0 Å². The molecule has 0 unspecified atom stereocenters. The van der Waals surface area contributed by atoms with Crippen LogP contribution in [0.25, 0.3) is 0 Å². The quantitative estimate of drug-likeness (QED) is 0.835. The molecule has 0 aliphatic rings. The maximum atomic E-state index is 5.98. The second-order valence-electron chi connectivity index (χ2n) is 5.70. The smallest absolute Gasteiger partial charge is 0.0432 e. The number of halogens is 1. The molecule has 2 aromatic rings. The predicted octanol–water partition coefficient (Wildman–Crippen LogP) is 4.88. The molecule has 0 spiro atoms. The zero-order valence-electron chi connectivity index (χ0n) is 12.9. The van der Waals surface area contributed by atoms with Gasteiger partial charge in [-0.3, -0.25) is 0 Å². The van der Waals surface area contributed by atoms with E-state index in [1.54, 1.807) is 0 Å². The van der Waals surface area contributed by atoms with E-state index in [0.717, 1.165) is 16.6 Å². The number of hydrogen-bond donors (Lipinski definition) is 1. The van der Waals surface area contributed by atoms with Gasteiger partial charge in [-0.15, -0.1) is 0 Å². The lowest BCUT2D eigenvalue weighted by Gasteiger charge is -2.30. The SMILES string of the molecule is CC(C)N(Cc1ccccc1)c1ccc([C@@H](C)N)c(Br)c1. The Labute approximate surface area is 136 Å². The van der Waals surface area contributed by atoms with Crippen LogP contribution in [-0.2, 0) is 6.54 Å². The molecule has 0 saturated heterocycles. The van der Waals surface area contributed by atoms with Crippen LogP contribution in [0.2, 0.25) is 0 Å². The molecular formula is C18H23BrN2. The number of benzene rings is 2. The largest absolute Gasteiger partial charge is 0.365 e. The fourth-order valence-corrected chi connectivity index (χ4v) is 3.14. The van der Waals surface area contributed by atoms with E-state index in [1.165, 1.54) is 11.3 Å². The van der Waals surface area contributed by atoms with Crippen molar-refractivity contribution in [3.63, 3.8) is 0 Å². The van der Waals surface area contributed by atoms with Gasteiger partial charge in [-0.25, -0.2) is 0 Å². The van der Waals surface area contributed by atoms with Gasteiger partial charge in [0.1, 0.15) is 0 Å². The Kier molecular flexibility index (Phi) is 5.43. The van der Waals surface area contributed by atoms with Crippen LogP contribution in [0.5, 0.6) is 0 Å². The van der Waals surface area contributed by atoms with Crippen LogP contribution in [0.4, 0.5) is 5.69 Å². The lowest BCUT2D eigenvalue weighted by atomic mass is 10.1. The molecule has 0 fully saturated rings. The minimum atomic E-state index is 0.0371. The van der Waals surface area contributed by atoms with E-state index in [1.807, 2.05) is 6.92 Å². The normalized spacial score (nSPS) is 12.5. The van der Waals surface area contributed by atoms with Crippen LogP contribution in [0.1, 0.15) is 37.9 Å². The lowest BCUT2D eigenvalue weighted by Crippen LogP contribution is -2.30. The Bertz CT molecular complexity index is 579. The molecule has 2 nitrogen and oxygen atoms in total. The first-order valence-corrected chi connectivity index (χ1v) is 8.14. The van der Waals surface area contributed by atoms with Crippen molar-refractivity contribution in [2.75, 3.05) is 4.90 Å². The van der Waals surface area contributed by atoms with Crippen molar-refractivity contribution in [3.8, 4) is 0 Å². The van der Waals surface area contributed by atoms with Crippen molar-refractivity contribution in [2.45, 2.75) is 39.4 Å². The average molecular weight is 347 g/mol. The van der Waals surface area contributed by atoms with E-state index in [-0.39, 0.29) is 6.04 Å². The van der Waals surface area contributed by atoms with Gasteiger partial charge in [0, 0.05) is 28.8 Å². The van der Waals surface area contributed by atoms with Crippen LogP contribution in [-0.4, -0.2) is 6.04 Å². The van der Waals surface area contributed by atoms with E-state index in [9.17, 15) is 0 Å². The van der Waals surface area contributed by atoms with E-state index < -0.39 is 0 Å². The van der Waals surface area contributed by atoms with E-state index in [0.29, 0.717) is 6.04 Å².